The van der Waals surface area contributed by atoms with Crippen molar-refractivity contribution in [3.63, 3.8) is 0 Å². The number of likely N-dealkylation sites (tertiary alicyclic amines) is 1. The largest absolute Gasteiger partial charge is 0.447 e. The number of ether oxygens (including phenoxy) is 1. The van der Waals surface area contributed by atoms with Crippen LogP contribution in [0.25, 0.3) is 0 Å². The Bertz CT molecular complexity index is 1180. The highest BCUT2D eigenvalue weighted by molar-refractivity contribution is 6.38. The minimum Gasteiger partial charge on any atom is -0.447 e. The lowest BCUT2D eigenvalue weighted by atomic mass is 9.70. The number of amides is 6. The van der Waals surface area contributed by atoms with Crippen LogP contribution < -0.4 is 26.6 Å². The van der Waals surface area contributed by atoms with Gasteiger partial charge in [0, 0.05) is 19.6 Å². The number of hydrogen-bond donors (Lipinski definition) is 5. The molecule has 5 N–H and O–H groups in total. The number of carbonyl (C=O) groups is 6. The average Bonchev–Trinajstić information content (AvgIpc) is 3.49. The van der Waals surface area contributed by atoms with E-state index in [1.807, 2.05) is 48.5 Å². The summed E-state index contributed by atoms with van der Waals surface area (Å²) in [7, 11) is 0. The molecule has 278 valence electrons. The van der Waals surface area contributed by atoms with Crippen molar-refractivity contribution in [1.82, 2.24) is 31.5 Å². The highest BCUT2D eigenvalue weighted by Gasteiger charge is 2.50. The highest BCUT2D eigenvalue weighted by Crippen LogP contribution is 2.41. The van der Waals surface area contributed by atoms with E-state index in [-0.39, 0.29) is 37.3 Å². The maximum absolute atomic E-state index is 14.7. The molecule has 6 amide bonds. The molecular formula is C36H62N6O7. The Balaban J connectivity index is 2.40. The van der Waals surface area contributed by atoms with Crippen molar-refractivity contribution in [3.05, 3.63) is 12.7 Å². The van der Waals surface area contributed by atoms with E-state index < -0.39 is 64.7 Å². The molecule has 1 saturated heterocycles. The number of urea groups is 1. The summed E-state index contributed by atoms with van der Waals surface area (Å²) in [6.45, 7) is 19.7. The fraction of sp³-hybridized carbons (Fsp3) is 0.778. The van der Waals surface area contributed by atoms with Gasteiger partial charge in [0.15, 0.2) is 0 Å². The monoisotopic (exact) mass is 690 g/mol. The van der Waals surface area contributed by atoms with Crippen LogP contribution >= 0.6 is 0 Å². The molecule has 5 atom stereocenters. The Morgan fingerprint density at radius 2 is 1.63 bits per heavy atom. The quantitative estimate of drug-likeness (QED) is 0.121. The van der Waals surface area contributed by atoms with Crippen molar-refractivity contribution in [2.45, 2.75) is 131 Å². The number of nitrogens with one attached hydrogen (secondary N) is 5. The number of alkyl carbamates (subject to hydrolysis) is 1. The number of hydrogen-bond acceptors (Lipinski definition) is 7. The zero-order valence-electron chi connectivity index (χ0n) is 31.0. The zero-order valence-corrected chi connectivity index (χ0v) is 31.0. The predicted octanol–water partition coefficient (Wildman–Crippen LogP) is 3.81. The molecule has 2 rings (SSSR count). The van der Waals surface area contributed by atoms with Gasteiger partial charge in [0.1, 0.15) is 18.7 Å². The van der Waals surface area contributed by atoms with Gasteiger partial charge in [-0.2, -0.15) is 0 Å². The van der Waals surface area contributed by atoms with Gasteiger partial charge in [-0.05, 0) is 55.3 Å². The Morgan fingerprint density at radius 1 is 0.980 bits per heavy atom. The third-order valence-corrected chi connectivity index (χ3v) is 9.96. The number of rotatable bonds is 16. The van der Waals surface area contributed by atoms with E-state index >= 15 is 0 Å². The second kappa shape index (κ2) is 18.9. The van der Waals surface area contributed by atoms with E-state index in [0.29, 0.717) is 25.9 Å². The van der Waals surface area contributed by atoms with Crippen LogP contribution in [-0.2, 0) is 23.9 Å². The van der Waals surface area contributed by atoms with Crippen molar-refractivity contribution in [3.8, 4) is 0 Å². The van der Waals surface area contributed by atoms with Crippen LogP contribution in [0.2, 0.25) is 0 Å². The summed E-state index contributed by atoms with van der Waals surface area (Å²) in [5, 5.41) is 13.8. The molecule has 0 aromatic carbocycles. The highest BCUT2D eigenvalue weighted by atomic mass is 16.5. The maximum atomic E-state index is 14.7. The predicted molar refractivity (Wildman–Crippen MR) is 188 cm³/mol. The first-order valence-electron chi connectivity index (χ1n) is 18.0. The fourth-order valence-electron chi connectivity index (χ4n) is 6.86. The molecule has 0 aromatic rings. The van der Waals surface area contributed by atoms with Gasteiger partial charge < -0.3 is 36.2 Å². The zero-order chi connectivity index (χ0) is 36.9. The van der Waals surface area contributed by atoms with Crippen molar-refractivity contribution in [2.24, 2.45) is 22.7 Å². The molecule has 1 saturated carbocycles. The molecule has 0 aromatic heterocycles. The van der Waals surface area contributed by atoms with Gasteiger partial charge in [0.25, 0.3) is 5.91 Å². The van der Waals surface area contributed by atoms with E-state index in [1.165, 1.54) is 6.08 Å². The van der Waals surface area contributed by atoms with Gasteiger partial charge in [0.05, 0.1) is 12.1 Å². The number of nitrogens with zero attached hydrogens (tertiary/aromatic N) is 1. The van der Waals surface area contributed by atoms with E-state index in [4.69, 9.17) is 4.74 Å². The number of ketones is 1. The van der Waals surface area contributed by atoms with Gasteiger partial charge in [-0.25, -0.2) is 9.59 Å². The summed E-state index contributed by atoms with van der Waals surface area (Å²) in [5.74, 6) is -2.53. The average molecular weight is 691 g/mol. The number of Topliss-reactive ketones (excluding diaryl/α,β-unsaturated/α-hetero) is 1. The molecule has 3 unspecified atom stereocenters. The first-order chi connectivity index (χ1) is 23.0. The summed E-state index contributed by atoms with van der Waals surface area (Å²) in [6, 6.07) is -3.99. The minimum atomic E-state index is -1.04. The first kappa shape index (κ1) is 41.5. The standard InChI is InChI=1S/C36H62N6O7/c1-10-16-25(28(43)31(45)38-20-11-2)39-30(44)27-24(23(4)5)17-21-42(27)32(46)29(36(9)18-14-13-15-19-36)41-33(47)40-26(35(6,7)8)22-49-34(48)37-12-3/h11,23-27,29H,2,10,12-22H2,1,3-9H3,(H,37,48)(H,38,45)(H,39,44)(H2,40,41,47)/t24-,25?,26-,27?,29?/m1/s1. The molecule has 2 aliphatic rings. The van der Waals surface area contributed by atoms with E-state index in [9.17, 15) is 28.8 Å². The molecule has 1 aliphatic carbocycles. The lowest BCUT2D eigenvalue weighted by Crippen LogP contribution is -2.63. The fourth-order valence-corrected chi connectivity index (χ4v) is 6.86. The Morgan fingerprint density at radius 3 is 2.18 bits per heavy atom. The summed E-state index contributed by atoms with van der Waals surface area (Å²) in [4.78, 5) is 81.6. The topological polar surface area (TPSA) is 175 Å². The van der Waals surface area contributed by atoms with E-state index in [0.717, 1.165) is 32.1 Å². The Kier molecular flexibility index (Phi) is 16.1. The van der Waals surface area contributed by atoms with Crippen LogP contribution in [0, 0.1) is 22.7 Å². The second-order valence-corrected chi connectivity index (χ2v) is 15.2. The molecule has 13 heteroatoms. The van der Waals surface area contributed by atoms with Crippen LogP contribution in [0.5, 0.6) is 0 Å². The summed E-state index contributed by atoms with van der Waals surface area (Å²) < 4.78 is 5.35. The molecule has 49 heavy (non-hydrogen) atoms. The van der Waals surface area contributed by atoms with E-state index in [2.05, 4.69) is 33.2 Å². The van der Waals surface area contributed by atoms with Gasteiger partial charge in [-0.1, -0.05) is 80.2 Å². The third-order valence-electron chi connectivity index (χ3n) is 9.96. The van der Waals surface area contributed by atoms with E-state index in [1.54, 1.807) is 11.8 Å². The molecule has 0 bridgehead atoms. The molecule has 13 nitrogen and oxygen atoms in total. The Hall–Kier alpha value is -3.64. The van der Waals surface area contributed by atoms with Crippen LogP contribution in [0.4, 0.5) is 9.59 Å². The van der Waals surface area contributed by atoms with Crippen molar-refractivity contribution in [1.29, 1.82) is 0 Å². The second-order valence-electron chi connectivity index (χ2n) is 15.2. The molecule has 1 aliphatic heterocycles. The van der Waals surface area contributed by atoms with Crippen LogP contribution in [0.3, 0.4) is 0 Å². The van der Waals surface area contributed by atoms with Gasteiger partial charge in [0.2, 0.25) is 17.6 Å². The molecular weight excluding hydrogens is 628 g/mol. The molecule has 2 fully saturated rings. The molecule has 1 heterocycles. The van der Waals surface area contributed by atoms with Crippen molar-refractivity contribution < 1.29 is 33.5 Å². The van der Waals surface area contributed by atoms with Gasteiger partial charge in [-0.15, -0.1) is 6.58 Å². The van der Waals surface area contributed by atoms with Gasteiger partial charge in [-0.3, -0.25) is 19.2 Å². The normalized spacial score (nSPS) is 20.7. The minimum absolute atomic E-state index is 0.0437. The van der Waals surface area contributed by atoms with Crippen molar-refractivity contribution in [2.75, 3.05) is 26.2 Å². The SMILES string of the molecule is C=CCNC(=O)C(=O)C(CCC)NC(=O)C1[C@@H](C(C)C)CCN1C(=O)C(NC(=O)N[C@H](COC(=O)NCC)C(C)(C)C)C1(C)CCCCC1. The third kappa shape index (κ3) is 11.7. The molecule has 0 radical (unpaired) electrons. The smallest absolute Gasteiger partial charge is 0.407 e. The lowest BCUT2D eigenvalue weighted by Gasteiger charge is -2.43. The molecule has 0 spiro atoms. The van der Waals surface area contributed by atoms with Crippen LogP contribution in [-0.4, -0.2) is 90.9 Å². The first-order valence-corrected chi connectivity index (χ1v) is 18.0. The Labute approximate surface area is 292 Å². The number of carbonyl (C=O) groups excluding carboxylic acids is 6. The van der Waals surface area contributed by atoms with Gasteiger partial charge >= 0.3 is 12.1 Å². The summed E-state index contributed by atoms with van der Waals surface area (Å²) in [6.07, 6.45) is 6.56. The van der Waals surface area contributed by atoms with Crippen molar-refractivity contribution >= 4 is 35.6 Å². The lowest BCUT2D eigenvalue weighted by molar-refractivity contribution is -0.145. The summed E-state index contributed by atoms with van der Waals surface area (Å²) >= 11 is 0. The summed E-state index contributed by atoms with van der Waals surface area (Å²) in [5.41, 5.74) is -1.04. The van der Waals surface area contributed by atoms with Crippen LogP contribution in [0.15, 0.2) is 12.7 Å². The van der Waals surface area contributed by atoms with Crippen LogP contribution in [0.1, 0.15) is 107 Å². The maximum Gasteiger partial charge on any atom is 0.407 e.